The summed E-state index contributed by atoms with van der Waals surface area (Å²) in [6.07, 6.45) is 0.599. The van der Waals surface area contributed by atoms with Crippen LogP contribution in [0.4, 0.5) is 5.13 Å². The Hall–Kier alpha value is -0.620. The second-order valence-electron chi connectivity index (χ2n) is 3.05. The van der Waals surface area contributed by atoms with E-state index < -0.39 is 0 Å². The van der Waals surface area contributed by atoms with Crippen LogP contribution in [0.1, 0.15) is 13.3 Å². The molecule has 0 radical (unpaired) electrons. The van der Waals surface area contributed by atoms with Gasteiger partial charge in [0.1, 0.15) is 5.78 Å². The molecule has 0 aliphatic carbocycles. The summed E-state index contributed by atoms with van der Waals surface area (Å²) in [5, 5.41) is 8.91. The number of anilines is 1. The Morgan fingerprint density at radius 2 is 2.21 bits per heavy atom. The van der Waals surface area contributed by atoms with E-state index in [2.05, 4.69) is 10.2 Å². The molecule has 0 amide bonds. The van der Waals surface area contributed by atoms with Gasteiger partial charge in [-0.1, -0.05) is 23.1 Å². The summed E-state index contributed by atoms with van der Waals surface area (Å²) >= 11 is 3.13. The third-order valence-electron chi connectivity index (χ3n) is 1.46. The van der Waals surface area contributed by atoms with Gasteiger partial charge in [0.15, 0.2) is 4.34 Å². The molecule has 1 rings (SSSR count). The van der Waals surface area contributed by atoms with Crippen molar-refractivity contribution in [1.82, 2.24) is 10.2 Å². The van der Waals surface area contributed by atoms with Crippen LogP contribution in [0, 0.1) is 0 Å². The fraction of sp³-hybridized carbons (Fsp3) is 0.625. The molecular formula is C8H13N3OS2. The SMILES string of the molecule is CC(=O)CCSc1nnc(N(C)C)s1. The smallest absolute Gasteiger partial charge is 0.208 e. The lowest BCUT2D eigenvalue weighted by atomic mass is 10.4. The molecule has 78 valence electrons. The molecule has 0 atom stereocenters. The van der Waals surface area contributed by atoms with Gasteiger partial charge >= 0.3 is 0 Å². The van der Waals surface area contributed by atoms with E-state index in [4.69, 9.17) is 0 Å². The molecular weight excluding hydrogens is 218 g/mol. The first-order chi connectivity index (χ1) is 6.59. The van der Waals surface area contributed by atoms with Gasteiger partial charge in [-0.05, 0) is 6.92 Å². The van der Waals surface area contributed by atoms with Crippen molar-refractivity contribution in [3.8, 4) is 0 Å². The highest BCUT2D eigenvalue weighted by Gasteiger charge is 2.06. The van der Waals surface area contributed by atoms with Crippen molar-refractivity contribution in [2.75, 3.05) is 24.7 Å². The zero-order valence-corrected chi connectivity index (χ0v) is 10.1. The number of rotatable bonds is 5. The minimum absolute atomic E-state index is 0.217. The third-order valence-corrected chi connectivity index (χ3v) is 3.68. The van der Waals surface area contributed by atoms with Crippen LogP contribution in [0.5, 0.6) is 0 Å². The number of carbonyl (C=O) groups is 1. The van der Waals surface area contributed by atoms with Gasteiger partial charge in [-0.25, -0.2) is 0 Å². The normalized spacial score (nSPS) is 10.2. The largest absolute Gasteiger partial charge is 0.353 e. The molecule has 14 heavy (non-hydrogen) atoms. The van der Waals surface area contributed by atoms with E-state index >= 15 is 0 Å². The molecule has 6 heteroatoms. The fourth-order valence-corrected chi connectivity index (χ4v) is 2.60. The molecule has 1 aromatic rings. The minimum Gasteiger partial charge on any atom is -0.353 e. The van der Waals surface area contributed by atoms with Crippen LogP contribution >= 0.6 is 23.1 Å². The van der Waals surface area contributed by atoms with Crippen molar-refractivity contribution in [3.05, 3.63) is 0 Å². The lowest BCUT2D eigenvalue weighted by Crippen LogP contribution is -2.07. The van der Waals surface area contributed by atoms with Crippen LogP contribution in [0.25, 0.3) is 0 Å². The Labute approximate surface area is 91.7 Å². The van der Waals surface area contributed by atoms with Crippen LogP contribution in [-0.4, -0.2) is 35.8 Å². The number of aromatic nitrogens is 2. The highest BCUT2D eigenvalue weighted by atomic mass is 32.2. The van der Waals surface area contributed by atoms with E-state index in [-0.39, 0.29) is 5.78 Å². The second-order valence-corrected chi connectivity index (χ2v) is 5.34. The maximum absolute atomic E-state index is 10.7. The second kappa shape index (κ2) is 5.31. The molecule has 0 fully saturated rings. The summed E-state index contributed by atoms with van der Waals surface area (Å²) in [6.45, 7) is 1.60. The molecule has 1 heterocycles. The zero-order chi connectivity index (χ0) is 10.6. The van der Waals surface area contributed by atoms with Crippen LogP contribution < -0.4 is 4.90 Å². The number of thioether (sulfide) groups is 1. The van der Waals surface area contributed by atoms with Gasteiger partial charge in [-0.2, -0.15) is 0 Å². The maximum atomic E-state index is 10.7. The lowest BCUT2D eigenvalue weighted by Gasteiger charge is -2.03. The van der Waals surface area contributed by atoms with Gasteiger partial charge in [-0.15, -0.1) is 10.2 Å². The number of nitrogens with zero attached hydrogens (tertiary/aromatic N) is 3. The zero-order valence-electron chi connectivity index (χ0n) is 8.48. The summed E-state index contributed by atoms with van der Waals surface area (Å²) in [7, 11) is 3.87. The van der Waals surface area contributed by atoms with Crippen LogP contribution in [0.15, 0.2) is 4.34 Å². The fourth-order valence-electron chi connectivity index (χ4n) is 0.724. The Balaban J connectivity index is 2.40. The molecule has 1 aromatic heterocycles. The van der Waals surface area contributed by atoms with E-state index in [9.17, 15) is 4.79 Å². The molecule has 4 nitrogen and oxygen atoms in total. The average Bonchev–Trinajstić information content (AvgIpc) is 2.52. The van der Waals surface area contributed by atoms with E-state index in [1.54, 1.807) is 30.0 Å². The summed E-state index contributed by atoms with van der Waals surface area (Å²) in [5.41, 5.74) is 0. The van der Waals surface area contributed by atoms with E-state index in [1.807, 2.05) is 19.0 Å². The number of hydrogen-bond donors (Lipinski definition) is 0. The number of hydrogen-bond acceptors (Lipinski definition) is 6. The van der Waals surface area contributed by atoms with Crippen molar-refractivity contribution in [1.29, 1.82) is 0 Å². The van der Waals surface area contributed by atoms with E-state index in [0.717, 1.165) is 15.2 Å². The topological polar surface area (TPSA) is 46.1 Å². The first-order valence-electron chi connectivity index (χ1n) is 4.22. The summed E-state index contributed by atoms with van der Waals surface area (Å²) in [6, 6.07) is 0. The molecule has 0 spiro atoms. The molecule has 0 unspecified atom stereocenters. The standard InChI is InChI=1S/C8H13N3OS2/c1-6(12)4-5-13-8-10-9-7(14-8)11(2)3/h4-5H2,1-3H3. The molecule has 0 saturated carbocycles. The van der Waals surface area contributed by atoms with Crippen molar-refractivity contribution in [3.63, 3.8) is 0 Å². The molecule has 0 bridgehead atoms. The molecule has 0 aliphatic heterocycles. The Morgan fingerprint density at radius 3 is 2.71 bits per heavy atom. The van der Waals surface area contributed by atoms with Gasteiger partial charge in [0.05, 0.1) is 0 Å². The molecule has 0 aliphatic rings. The van der Waals surface area contributed by atoms with Crippen molar-refractivity contribution < 1.29 is 4.79 Å². The van der Waals surface area contributed by atoms with Gasteiger partial charge in [-0.3, -0.25) is 4.79 Å². The van der Waals surface area contributed by atoms with Gasteiger partial charge < -0.3 is 4.90 Å². The van der Waals surface area contributed by atoms with Gasteiger partial charge in [0.25, 0.3) is 0 Å². The Morgan fingerprint density at radius 1 is 1.50 bits per heavy atom. The first kappa shape index (κ1) is 11.5. The van der Waals surface area contributed by atoms with E-state index in [0.29, 0.717) is 6.42 Å². The summed E-state index contributed by atoms with van der Waals surface area (Å²) < 4.78 is 0.926. The highest BCUT2D eigenvalue weighted by molar-refractivity contribution is 8.01. The quantitative estimate of drug-likeness (QED) is 0.721. The Bertz CT molecular complexity index is 311. The number of ketones is 1. The van der Waals surface area contributed by atoms with Crippen LogP contribution in [0.3, 0.4) is 0 Å². The lowest BCUT2D eigenvalue weighted by molar-refractivity contribution is -0.116. The molecule has 0 saturated heterocycles. The highest BCUT2D eigenvalue weighted by Crippen LogP contribution is 2.26. The monoisotopic (exact) mass is 231 g/mol. The predicted molar refractivity (Wildman–Crippen MR) is 60.3 cm³/mol. The summed E-state index contributed by atoms with van der Waals surface area (Å²) in [4.78, 5) is 12.6. The predicted octanol–water partition coefficient (Wildman–Crippen LogP) is 1.68. The number of Topliss-reactive ketones (excluding diaryl/α,β-unsaturated/α-hetero) is 1. The van der Waals surface area contributed by atoms with Gasteiger partial charge in [0, 0.05) is 26.3 Å². The summed E-state index contributed by atoms with van der Waals surface area (Å²) in [5.74, 6) is 1.01. The van der Waals surface area contributed by atoms with E-state index in [1.165, 1.54) is 0 Å². The average molecular weight is 231 g/mol. The minimum atomic E-state index is 0.217. The van der Waals surface area contributed by atoms with Crippen molar-refractivity contribution in [2.45, 2.75) is 17.7 Å². The number of carbonyl (C=O) groups excluding carboxylic acids is 1. The van der Waals surface area contributed by atoms with Gasteiger partial charge in [0.2, 0.25) is 5.13 Å². The maximum Gasteiger partial charge on any atom is 0.208 e. The van der Waals surface area contributed by atoms with Crippen molar-refractivity contribution >= 4 is 34.0 Å². The van der Waals surface area contributed by atoms with Crippen molar-refractivity contribution in [2.24, 2.45) is 0 Å². The van der Waals surface area contributed by atoms with Crippen LogP contribution in [-0.2, 0) is 4.79 Å². The third kappa shape index (κ3) is 3.63. The first-order valence-corrected chi connectivity index (χ1v) is 6.03. The molecule has 0 N–H and O–H groups in total. The van der Waals surface area contributed by atoms with Crippen LogP contribution in [0.2, 0.25) is 0 Å². The molecule has 0 aromatic carbocycles. The Kier molecular flexibility index (Phi) is 4.34.